The first-order chi connectivity index (χ1) is 9.20. The number of halogens is 3. The van der Waals surface area contributed by atoms with E-state index in [-0.39, 0.29) is 24.1 Å². The molecule has 1 aromatic carbocycles. The Morgan fingerprint density at radius 2 is 2.05 bits per heavy atom. The first-order valence-corrected chi connectivity index (χ1v) is 6.34. The third-order valence-corrected chi connectivity index (χ3v) is 3.60. The van der Waals surface area contributed by atoms with Crippen LogP contribution in [0.5, 0.6) is 0 Å². The number of alkyl halides is 1. The number of hydrogen-bond acceptors (Lipinski definition) is 2. The number of benzene rings is 1. The maximum atomic E-state index is 13.9. The van der Waals surface area contributed by atoms with Gasteiger partial charge >= 0.3 is 5.97 Å². The molecule has 2 rings (SSSR count). The number of carboxylic acid groups (broad SMARTS) is 1. The summed E-state index contributed by atoms with van der Waals surface area (Å²) in [6.45, 7) is 2.70. The Balaban J connectivity index is 2.37. The van der Waals surface area contributed by atoms with Crippen molar-refractivity contribution in [3.05, 3.63) is 34.9 Å². The average Bonchev–Trinajstić information content (AvgIpc) is 2.80. The maximum absolute atomic E-state index is 13.9. The molecule has 1 saturated heterocycles. The summed E-state index contributed by atoms with van der Waals surface area (Å²) in [5.41, 5.74) is -1.78. The molecule has 3 nitrogen and oxygen atoms in total. The van der Waals surface area contributed by atoms with Gasteiger partial charge in [-0.05, 0) is 38.0 Å². The predicted molar refractivity (Wildman–Crippen MR) is 67.0 cm³/mol. The molecule has 0 saturated carbocycles. The van der Waals surface area contributed by atoms with Crippen LogP contribution in [0.4, 0.5) is 13.2 Å². The van der Waals surface area contributed by atoms with Crippen molar-refractivity contribution in [2.45, 2.75) is 32.0 Å². The van der Waals surface area contributed by atoms with E-state index in [1.54, 1.807) is 0 Å². The van der Waals surface area contributed by atoms with Gasteiger partial charge in [0.25, 0.3) is 0 Å². The number of aliphatic carboxylic acids is 1. The summed E-state index contributed by atoms with van der Waals surface area (Å²) in [4.78, 5) is 10.9. The molecular formula is C14H16F3NO2. The van der Waals surface area contributed by atoms with E-state index in [1.165, 1.54) is 19.9 Å². The Hall–Kier alpha value is -1.56. The Morgan fingerprint density at radius 1 is 1.40 bits per heavy atom. The van der Waals surface area contributed by atoms with Crippen molar-refractivity contribution < 1.29 is 23.1 Å². The lowest BCUT2D eigenvalue weighted by molar-refractivity contribution is -0.141. The zero-order valence-electron chi connectivity index (χ0n) is 11.2. The molecule has 1 aliphatic heterocycles. The van der Waals surface area contributed by atoms with Crippen LogP contribution in [0.15, 0.2) is 12.1 Å². The normalized spacial score (nSPS) is 23.1. The van der Waals surface area contributed by atoms with Gasteiger partial charge in [0.15, 0.2) is 11.6 Å². The van der Waals surface area contributed by atoms with E-state index in [9.17, 15) is 18.0 Å². The molecule has 6 heteroatoms. The number of rotatable bonds is 3. The minimum Gasteiger partial charge on any atom is -0.481 e. The van der Waals surface area contributed by atoms with E-state index in [0.717, 1.165) is 6.07 Å². The molecule has 2 unspecified atom stereocenters. The molecule has 0 aromatic heterocycles. The van der Waals surface area contributed by atoms with E-state index < -0.39 is 35.2 Å². The molecule has 2 atom stereocenters. The fourth-order valence-electron chi connectivity index (χ4n) is 2.37. The van der Waals surface area contributed by atoms with Gasteiger partial charge in [0.05, 0.1) is 5.92 Å². The van der Waals surface area contributed by atoms with Crippen LogP contribution in [0, 0.1) is 17.6 Å². The molecule has 20 heavy (non-hydrogen) atoms. The van der Waals surface area contributed by atoms with Gasteiger partial charge < -0.3 is 10.4 Å². The second-order valence-corrected chi connectivity index (χ2v) is 5.57. The van der Waals surface area contributed by atoms with Crippen LogP contribution in [-0.2, 0) is 10.5 Å². The zero-order valence-corrected chi connectivity index (χ0v) is 11.2. The van der Waals surface area contributed by atoms with Crippen molar-refractivity contribution in [1.29, 1.82) is 0 Å². The van der Waals surface area contributed by atoms with E-state index in [4.69, 9.17) is 5.11 Å². The summed E-state index contributed by atoms with van der Waals surface area (Å²) in [6, 6.07) is 1.48. The van der Waals surface area contributed by atoms with Crippen LogP contribution in [0.25, 0.3) is 0 Å². The Bertz CT molecular complexity index is 540. The van der Waals surface area contributed by atoms with Crippen LogP contribution in [0.1, 0.15) is 37.4 Å². The highest BCUT2D eigenvalue weighted by Gasteiger charge is 2.33. The second kappa shape index (κ2) is 5.09. The van der Waals surface area contributed by atoms with Crippen molar-refractivity contribution in [1.82, 2.24) is 5.32 Å². The van der Waals surface area contributed by atoms with Gasteiger partial charge in [-0.1, -0.05) is 0 Å². The molecule has 1 heterocycles. The SMILES string of the molecule is CC(C)(F)c1cc(F)c(F)c(C2CC(C(=O)O)CN2)c1. The van der Waals surface area contributed by atoms with Gasteiger partial charge in [0.2, 0.25) is 0 Å². The maximum Gasteiger partial charge on any atom is 0.307 e. The minimum absolute atomic E-state index is 0.0190. The van der Waals surface area contributed by atoms with Gasteiger partial charge in [-0.25, -0.2) is 13.2 Å². The number of carboxylic acids is 1. The molecule has 1 aromatic rings. The fraction of sp³-hybridized carbons (Fsp3) is 0.500. The average molecular weight is 287 g/mol. The van der Waals surface area contributed by atoms with Crippen LogP contribution in [0.2, 0.25) is 0 Å². The summed E-state index contributed by atoms with van der Waals surface area (Å²) in [5, 5.41) is 11.8. The van der Waals surface area contributed by atoms with Crippen molar-refractivity contribution >= 4 is 5.97 Å². The van der Waals surface area contributed by atoms with Gasteiger partial charge in [0, 0.05) is 18.2 Å². The van der Waals surface area contributed by atoms with Gasteiger partial charge in [-0.15, -0.1) is 0 Å². The van der Waals surface area contributed by atoms with Crippen molar-refractivity contribution in [3.63, 3.8) is 0 Å². The molecule has 1 aliphatic rings. The van der Waals surface area contributed by atoms with E-state index in [2.05, 4.69) is 5.32 Å². The van der Waals surface area contributed by atoms with Gasteiger partial charge in [-0.3, -0.25) is 4.79 Å². The molecular weight excluding hydrogens is 271 g/mol. The Labute approximate surface area is 114 Å². The quantitative estimate of drug-likeness (QED) is 0.898. The molecule has 110 valence electrons. The van der Waals surface area contributed by atoms with Crippen LogP contribution >= 0.6 is 0 Å². The Morgan fingerprint density at radius 3 is 2.55 bits per heavy atom. The minimum atomic E-state index is -1.80. The molecule has 0 radical (unpaired) electrons. The van der Waals surface area contributed by atoms with E-state index in [0.29, 0.717) is 0 Å². The molecule has 1 fully saturated rings. The fourth-order valence-corrected chi connectivity index (χ4v) is 2.37. The Kier molecular flexibility index (Phi) is 3.77. The number of hydrogen-bond donors (Lipinski definition) is 2. The lowest BCUT2D eigenvalue weighted by atomic mass is 9.93. The van der Waals surface area contributed by atoms with Crippen LogP contribution in [-0.4, -0.2) is 17.6 Å². The highest BCUT2D eigenvalue weighted by atomic mass is 19.2. The number of nitrogens with one attached hydrogen (secondary N) is 1. The summed E-state index contributed by atoms with van der Waals surface area (Å²) in [5.74, 6) is -3.81. The van der Waals surface area contributed by atoms with Crippen molar-refractivity contribution in [3.8, 4) is 0 Å². The third-order valence-electron chi connectivity index (χ3n) is 3.60. The monoisotopic (exact) mass is 287 g/mol. The van der Waals surface area contributed by atoms with Crippen molar-refractivity contribution in [2.75, 3.05) is 6.54 Å². The van der Waals surface area contributed by atoms with Crippen molar-refractivity contribution in [2.24, 2.45) is 5.92 Å². The van der Waals surface area contributed by atoms with E-state index in [1.807, 2.05) is 0 Å². The summed E-state index contributed by atoms with van der Waals surface area (Å²) in [6.07, 6.45) is 0.155. The molecule has 2 N–H and O–H groups in total. The smallest absolute Gasteiger partial charge is 0.307 e. The summed E-state index contributed by atoms with van der Waals surface area (Å²) >= 11 is 0. The second-order valence-electron chi connectivity index (χ2n) is 5.57. The topological polar surface area (TPSA) is 49.3 Å². The third kappa shape index (κ3) is 2.80. The lowest BCUT2D eigenvalue weighted by Crippen LogP contribution is -2.19. The summed E-state index contributed by atoms with van der Waals surface area (Å²) < 4.78 is 41.4. The largest absolute Gasteiger partial charge is 0.481 e. The molecule has 0 spiro atoms. The summed E-state index contributed by atoms with van der Waals surface area (Å²) in [7, 11) is 0. The molecule has 0 amide bonds. The van der Waals surface area contributed by atoms with Crippen LogP contribution < -0.4 is 5.32 Å². The van der Waals surface area contributed by atoms with E-state index >= 15 is 0 Å². The molecule has 0 aliphatic carbocycles. The highest BCUT2D eigenvalue weighted by molar-refractivity contribution is 5.70. The number of carbonyl (C=O) groups is 1. The first kappa shape index (κ1) is 14.8. The van der Waals surface area contributed by atoms with Crippen LogP contribution in [0.3, 0.4) is 0 Å². The van der Waals surface area contributed by atoms with Gasteiger partial charge in [0.1, 0.15) is 5.67 Å². The van der Waals surface area contributed by atoms with Gasteiger partial charge in [-0.2, -0.15) is 0 Å². The molecule has 0 bridgehead atoms. The highest BCUT2D eigenvalue weighted by Crippen LogP contribution is 2.34. The predicted octanol–water partition coefficient (Wildman–Crippen LogP) is 2.90. The first-order valence-electron chi connectivity index (χ1n) is 6.34. The lowest BCUT2D eigenvalue weighted by Gasteiger charge is -2.19. The standard InChI is InChI=1S/C14H16F3NO2/c1-14(2,17)8-4-9(12(16)10(15)5-8)11-3-7(6-18-11)13(19)20/h4-5,7,11,18H,3,6H2,1-2H3,(H,19,20). The zero-order chi connectivity index (χ0) is 15.1.